The fourth-order valence-corrected chi connectivity index (χ4v) is 10.7. The van der Waals surface area contributed by atoms with Gasteiger partial charge in [0, 0.05) is 72.1 Å². The van der Waals surface area contributed by atoms with E-state index in [2.05, 4.69) is 0 Å². The smallest absolute Gasteiger partial charge is 0.418 e. The molecule has 25 heteroatoms. The molecule has 0 aromatic heterocycles. The van der Waals surface area contributed by atoms with Gasteiger partial charge in [0.05, 0.1) is 34.1 Å². The molecule has 2 unspecified atom stereocenters. The van der Waals surface area contributed by atoms with E-state index >= 15 is 52.7 Å². The molecule has 4 aromatic carbocycles. The highest BCUT2D eigenvalue weighted by molar-refractivity contribution is 7.99. The van der Waals surface area contributed by atoms with E-state index in [1.54, 1.807) is 0 Å². The van der Waals surface area contributed by atoms with Crippen LogP contribution in [-0.4, -0.2) is 69.9 Å². The van der Waals surface area contributed by atoms with Crippen molar-refractivity contribution in [3.63, 3.8) is 0 Å². The number of halogens is 12. The number of aliphatic carboxylic acids is 2. The zero-order valence-electron chi connectivity index (χ0n) is 38.5. The van der Waals surface area contributed by atoms with Gasteiger partial charge in [-0.3, -0.25) is 19.2 Å². The van der Waals surface area contributed by atoms with Crippen LogP contribution in [0.25, 0.3) is 12.2 Å². The lowest BCUT2D eigenvalue weighted by atomic mass is 9.89. The van der Waals surface area contributed by atoms with Gasteiger partial charge in [0.2, 0.25) is 11.8 Å². The fraction of sp³-hybridized carbons (Fsp3) is 0.360. The molecule has 12 nitrogen and oxygen atoms in total. The quantitative estimate of drug-likeness (QED) is 0.0887. The second-order valence-electron chi connectivity index (χ2n) is 17.9. The Bertz CT molecular complexity index is 2740. The van der Waals surface area contributed by atoms with Crippen LogP contribution >= 0.6 is 11.8 Å². The van der Waals surface area contributed by atoms with Crippen LogP contribution in [-0.2, 0) is 66.5 Å². The molecule has 2 N–H and O–H groups in total. The summed E-state index contributed by atoms with van der Waals surface area (Å²) in [5.74, 6) is -6.12. The number of amides is 2. The maximum absolute atomic E-state index is 15.7. The Kier molecular flexibility index (Phi) is 15.4. The molecule has 8 rings (SSSR count). The Hall–Kier alpha value is -6.73. The van der Waals surface area contributed by atoms with Gasteiger partial charge in [-0.05, 0) is 84.4 Å². The van der Waals surface area contributed by atoms with E-state index in [0.717, 1.165) is 9.80 Å². The summed E-state index contributed by atoms with van der Waals surface area (Å²) >= 11 is -0.728. The van der Waals surface area contributed by atoms with Gasteiger partial charge in [0.25, 0.3) is 0 Å². The largest absolute Gasteiger partial charge is 0.481 e. The average Bonchev–Trinajstić information content (AvgIpc) is 3.35. The molecule has 400 valence electrons. The molecule has 2 amide bonds. The molecule has 0 saturated carbocycles. The van der Waals surface area contributed by atoms with E-state index in [0.29, 0.717) is 36.4 Å². The third-order valence-corrected chi connectivity index (χ3v) is 14.2. The lowest BCUT2D eigenvalue weighted by molar-refractivity contribution is -0.258. The van der Waals surface area contributed by atoms with Gasteiger partial charge in [-0.15, -0.1) is 0 Å². The van der Waals surface area contributed by atoms with Crippen LogP contribution in [0.1, 0.15) is 93.5 Å². The van der Waals surface area contributed by atoms with Gasteiger partial charge in [-0.1, -0.05) is 48.2 Å². The number of nitrogens with zero attached hydrogens (tertiary/aromatic N) is 2. The number of hydrogen-bond donors (Lipinski definition) is 2. The molecule has 0 spiro atoms. The molecular formula is C50H40F12N2O10S. The molecule has 4 aliphatic rings. The van der Waals surface area contributed by atoms with E-state index in [-0.39, 0.29) is 74.5 Å². The van der Waals surface area contributed by atoms with E-state index in [9.17, 15) is 29.4 Å². The van der Waals surface area contributed by atoms with Crippen LogP contribution < -0.4 is 9.78 Å². The standard InChI is InChI=1S/C50H40F12N2O10S/c51-47(52,53)41-29(9-11-39(65)63-17-13-25(14-18-63)45(67)68)31(35-21-27-5-1-3-7-33(27)71-73-35)23-37(43(41)49(57,58)59)75-38-24-32(36-22-28-6-2-4-8-34(28)72-74-36)30(42(48(54,55)56)44(38)50(60,61)62)10-12-40(66)64-19-15-26(16-20-64)46(69)70/h1-12,23-26,35-36H,13-22H2,(H,67,68)(H,69,70). The fourth-order valence-electron chi connectivity index (χ4n) is 9.44. The minimum Gasteiger partial charge on any atom is -0.481 e. The Morgan fingerprint density at radius 1 is 0.520 bits per heavy atom. The number of alkyl halides is 12. The van der Waals surface area contributed by atoms with Crippen molar-refractivity contribution in [2.24, 2.45) is 11.8 Å². The number of benzene rings is 4. The number of carboxylic acids is 2. The summed E-state index contributed by atoms with van der Waals surface area (Å²) in [7, 11) is 0. The van der Waals surface area contributed by atoms with Gasteiger partial charge in [-0.25, -0.2) is 0 Å². The summed E-state index contributed by atoms with van der Waals surface area (Å²) in [5.41, 5.74) is -14.4. The predicted octanol–water partition coefficient (Wildman–Crippen LogP) is 11.8. The molecule has 4 heterocycles. The van der Waals surface area contributed by atoms with E-state index in [1.165, 1.54) is 48.5 Å². The number of para-hydroxylation sites is 2. The van der Waals surface area contributed by atoms with Crippen molar-refractivity contribution < 1.29 is 102 Å². The van der Waals surface area contributed by atoms with Crippen molar-refractivity contribution in [1.82, 2.24) is 9.80 Å². The van der Waals surface area contributed by atoms with Crippen molar-refractivity contribution in [3.05, 3.63) is 128 Å². The first-order valence-corrected chi connectivity index (χ1v) is 23.6. The van der Waals surface area contributed by atoms with Crippen molar-refractivity contribution >= 4 is 47.7 Å². The summed E-state index contributed by atoms with van der Waals surface area (Å²) in [4.78, 5) is 70.0. The maximum Gasteiger partial charge on any atom is 0.418 e. The van der Waals surface area contributed by atoms with Gasteiger partial charge in [-0.2, -0.15) is 62.5 Å². The number of carbonyl (C=O) groups excluding carboxylic acids is 2. The monoisotopic (exact) mass is 1090 g/mol. The number of carbonyl (C=O) groups is 4. The molecular weight excluding hydrogens is 1050 g/mol. The summed E-state index contributed by atoms with van der Waals surface area (Å²) in [6.45, 7) is -0.813. The summed E-state index contributed by atoms with van der Waals surface area (Å²) < 4.78 is 188. The summed E-state index contributed by atoms with van der Waals surface area (Å²) in [6.07, 6.45) is -27.5. The Balaban J connectivity index is 1.35. The van der Waals surface area contributed by atoms with E-state index in [4.69, 9.17) is 19.6 Å². The van der Waals surface area contributed by atoms with Crippen LogP contribution in [0.2, 0.25) is 0 Å². The first kappa shape index (κ1) is 54.5. The first-order valence-electron chi connectivity index (χ1n) is 22.8. The predicted molar refractivity (Wildman–Crippen MR) is 238 cm³/mol. The normalized spacial score (nSPS) is 19.1. The van der Waals surface area contributed by atoms with Gasteiger partial charge < -0.3 is 29.8 Å². The second kappa shape index (κ2) is 21.1. The highest BCUT2D eigenvalue weighted by atomic mass is 32.2. The number of hydrogen-bond acceptors (Lipinski definition) is 9. The minimum atomic E-state index is -6.15. The minimum absolute atomic E-state index is 0.0282. The van der Waals surface area contributed by atoms with Crippen molar-refractivity contribution in [2.75, 3.05) is 26.2 Å². The van der Waals surface area contributed by atoms with Crippen molar-refractivity contribution in [2.45, 2.75) is 85.2 Å². The van der Waals surface area contributed by atoms with Gasteiger partial charge in [0.1, 0.15) is 12.2 Å². The van der Waals surface area contributed by atoms with Crippen molar-refractivity contribution in [1.29, 1.82) is 0 Å². The van der Waals surface area contributed by atoms with Crippen LogP contribution in [0.4, 0.5) is 52.7 Å². The number of fused-ring (bicyclic) bond motifs is 2. The topological polar surface area (TPSA) is 152 Å². The molecule has 0 aliphatic carbocycles. The third kappa shape index (κ3) is 11.9. The number of piperidine rings is 2. The van der Waals surface area contributed by atoms with Gasteiger partial charge in [0.15, 0.2) is 11.5 Å². The number of likely N-dealkylation sites (tertiary alicyclic amines) is 2. The Morgan fingerprint density at radius 3 is 1.17 bits per heavy atom. The Morgan fingerprint density at radius 2 is 0.853 bits per heavy atom. The molecule has 0 radical (unpaired) electrons. The Labute approximate surface area is 421 Å². The second-order valence-corrected chi connectivity index (χ2v) is 18.9. The van der Waals surface area contributed by atoms with Crippen LogP contribution in [0.5, 0.6) is 11.5 Å². The molecule has 75 heavy (non-hydrogen) atoms. The lowest BCUT2D eigenvalue weighted by Gasteiger charge is -2.31. The number of rotatable bonds is 10. The van der Waals surface area contributed by atoms with E-state index in [1.807, 2.05) is 0 Å². The highest BCUT2D eigenvalue weighted by Gasteiger charge is 2.51. The molecule has 2 fully saturated rings. The molecule has 2 saturated heterocycles. The SMILES string of the molecule is O=C(O)C1CCN(C(=O)C=Cc2c(C3Cc4ccccc4OO3)cc(Sc3cc(C4Cc5ccccc5OO4)c(C=CC(=O)N4CCC(C(=O)O)CC4)c(C(F)(F)F)c3C(F)(F)F)c(C(F)(F)F)c2C(F)(F)F)CC1. The summed E-state index contributed by atoms with van der Waals surface area (Å²) in [6, 6.07) is 12.2. The highest BCUT2D eigenvalue weighted by Crippen LogP contribution is 2.55. The summed E-state index contributed by atoms with van der Waals surface area (Å²) in [5, 5.41) is 18.8. The lowest BCUT2D eigenvalue weighted by Crippen LogP contribution is -2.39. The molecule has 0 bridgehead atoms. The number of carboxylic acid groups (broad SMARTS) is 2. The zero-order chi connectivity index (χ0) is 54.4. The van der Waals surface area contributed by atoms with Crippen LogP contribution in [0.15, 0.2) is 82.6 Å². The maximum atomic E-state index is 15.7. The van der Waals surface area contributed by atoms with Crippen LogP contribution in [0, 0.1) is 11.8 Å². The average molecular weight is 1090 g/mol. The van der Waals surface area contributed by atoms with Crippen LogP contribution in [0.3, 0.4) is 0 Å². The van der Waals surface area contributed by atoms with E-state index < -0.39 is 151 Å². The van der Waals surface area contributed by atoms with Gasteiger partial charge >= 0.3 is 36.6 Å². The molecule has 2 atom stereocenters. The third-order valence-electron chi connectivity index (χ3n) is 13.1. The van der Waals surface area contributed by atoms with Crippen molar-refractivity contribution in [3.8, 4) is 11.5 Å². The molecule has 4 aliphatic heterocycles. The molecule has 4 aromatic rings. The zero-order valence-corrected chi connectivity index (χ0v) is 39.3. The first-order chi connectivity index (χ1) is 35.2.